The van der Waals surface area contributed by atoms with E-state index < -0.39 is 0 Å². The summed E-state index contributed by atoms with van der Waals surface area (Å²) >= 11 is 0. The zero-order valence-corrected chi connectivity index (χ0v) is 12.7. The van der Waals surface area contributed by atoms with Crippen LogP contribution in [0, 0.1) is 0 Å². The van der Waals surface area contributed by atoms with E-state index in [1.165, 1.54) is 57.8 Å². The van der Waals surface area contributed by atoms with E-state index in [1.807, 2.05) is 0 Å². The van der Waals surface area contributed by atoms with E-state index >= 15 is 0 Å². The van der Waals surface area contributed by atoms with Crippen LogP contribution in [0.1, 0.15) is 78.6 Å². The summed E-state index contributed by atoms with van der Waals surface area (Å²) in [5.41, 5.74) is 0. The minimum atomic E-state index is 0.508. The number of ether oxygens (including phenoxy) is 1. The van der Waals surface area contributed by atoms with Gasteiger partial charge in [-0.25, -0.2) is 0 Å². The van der Waals surface area contributed by atoms with Crippen molar-refractivity contribution >= 4 is 0 Å². The maximum Gasteiger partial charge on any atom is 0.0589 e. The molecule has 2 heteroatoms. The van der Waals surface area contributed by atoms with Crippen molar-refractivity contribution in [2.24, 2.45) is 0 Å². The first-order valence-electron chi connectivity index (χ1n) is 8.13. The van der Waals surface area contributed by atoms with Gasteiger partial charge in [0.25, 0.3) is 0 Å². The van der Waals surface area contributed by atoms with Gasteiger partial charge in [0.1, 0.15) is 0 Å². The first-order valence-corrected chi connectivity index (χ1v) is 8.13. The molecular formula is C16H33NO. The summed E-state index contributed by atoms with van der Waals surface area (Å²) in [5.74, 6) is 0. The predicted molar refractivity (Wildman–Crippen MR) is 79.0 cm³/mol. The molecule has 0 bridgehead atoms. The summed E-state index contributed by atoms with van der Waals surface area (Å²) in [5, 5.41) is 3.80. The Morgan fingerprint density at radius 3 is 2.72 bits per heavy atom. The van der Waals surface area contributed by atoms with Gasteiger partial charge >= 0.3 is 0 Å². The van der Waals surface area contributed by atoms with Crippen molar-refractivity contribution < 1.29 is 4.74 Å². The molecule has 0 radical (unpaired) electrons. The molecule has 0 aromatic heterocycles. The van der Waals surface area contributed by atoms with Gasteiger partial charge in [0.15, 0.2) is 0 Å². The van der Waals surface area contributed by atoms with E-state index in [-0.39, 0.29) is 0 Å². The molecule has 3 atom stereocenters. The maximum absolute atomic E-state index is 5.80. The summed E-state index contributed by atoms with van der Waals surface area (Å²) in [7, 11) is 0. The van der Waals surface area contributed by atoms with E-state index in [9.17, 15) is 0 Å². The van der Waals surface area contributed by atoms with Crippen molar-refractivity contribution in [2.75, 3.05) is 6.61 Å². The molecule has 2 nitrogen and oxygen atoms in total. The van der Waals surface area contributed by atoms with Gasteiger partial charge in [-0.1, -0.05) is 46.0 Å². The fraction of sp³-hybridized carbons (Fsp3) is 1.00. The normalized spacial score (nSPS) is 26.2. The first kappa shape index (κ1) is 16.0. The number of unbranched alkanes of at least 4 members (excludes halogenated alkanes) is 3. The summed E-state index contributed by atoms with van der Waals surface area (Å²) in [4.78, 5) is 0. The second-order valence-corrected chi connectivity index (χ2v) is 5.92. The molecule has 1 aliphatic heterocycles. The smallest absolute Gasteiger partial charge is 0.0589 e. The maximum atomic E-state index is 5.80. The van der Waals surface area contributed by atoms with Crippen LogP contribution < -0.4 is 5.32 Å². The lowest BCUT2D eigenvalue weighted by Crippen LogP contribution is -2.43. The molecule has 0 aromatic carbocycles. The van der Waals surface area contributed by atoms with Crippen molar-refractivity contribution in [1.82, 2.24) is 5.32 Å². The largest absolute Gasteiger partial charge is 0.378 e. The van der Waals surface area contributed by atoms with E-state index in [4.69, 9.17) is 4.74 Å². The SMILES string of the molecule is CCCCCCC(C)NC1CCOC(CCC)C1. The minimum Gasteiger partial charge on any atom is -0.378 e. The average Bonchev–Trinajstić information content (AvgIpc) is 2.35. The molecule has 108 valence electrons. The summed E-state index contributed by atoms with van der Waals surface area (Å²) in [6.45, 7) is 7.81. The minimum absolute atomic E-state index is 0.508. The summed E-state index contributed by atoms with van der Waals surface area (Å²) < 4.78 is 5.80. The zero-order valence-electron chi connectivity index (χ0n) is 12.7. The van der Waals surface area contributed by atoms with Gasteiger partial charge in [0, 0.05) is 18.7 Å². The fourth-order valence-corrected chi connectivity index (χ4v) is 2.92. The molecule has 1 N–H and O–H groups in total. The highest BCUT2D eigenvalue weighted by Gasteiger charge is 2.22. The van der Waals surface area contributed by atoms with Crippen LogP contribution >= 0.6 is 0 Å². The third-order valence-electron chi connectivity index (χ3n) is 3.99. The lowest BCUT2D eigenvalue weighted by Gasteiger charge is -2.32. The molecular weight excluding hydrogens is 222 g/mol. The van der Waals surface area contributed by atoms with Crippen molar-refractivity contribution in [3.05, 3.63) is 0 Å². The molecule has 1 rings (SSSR count). The lowest BCUT2D eigenvalue weighted by atomic mass is 9.98. The van der Waals surface area contributed by atoms with Crippen LogP contribution in [-0.4, -0.2) is 24.8 Å². The number of nitrogens with one attached hydrogen (secondary N) is 1. The van der Waals surface area contributed by atoms with Crippen LogP contribution in [0.2, 0.25) is 0 Å². The molecule has 1 aliphatic rings. The zero-order chi connectivity index (χ0) is 13.2. The van der Waals surface area contributed by atoms with E-state index in [1.54, 1.807) is 0 Å². The number of hydrogen-bond acceptors (Lipinski definition) is 2. The van der Waals surface area contributed by atoms with E-state index in [0.29, 0.717) is 18.2 Å². The van der Waals surface area contributed by atoms with Crippen molar-refractivity contribution in [3.63, 3.8) is 0 Å². The standard InChI is InChI=1S/C16H33NO/c1-4-6-7-8-10-14(3)17-15-11-12-18-16(13-15)9-5-2/h14-17H,4-13H2,1-3H3. The second kappa shape index (κ2) is 9.80. The molecule has 1 fully saturated rings. The van der Waals surface area contributed by atoms with E-state index in [0.717, 1.165) is 6.61 Å². The predicted octanol–water partition coefficient (Wildman–Crippen LogP) is 4.28. The van der Waals surface area contributed by atoms with Crippen LogP contribution in [0.4, 0.5) is 0 Å². The lowest BCUT2D eigenvalue weighted by molar-refractivity contribution is -0.00484. The molecule has 0 spiro atoms. The van der Waals surface area contributed by atoms with Crippen molar-refractivity contribution in [2.45, 2.75) is 96.7 Å². The van der Waals surface area contributed by atoms with Gasteiger partial charge in [0.2, 0.25) is 0 Å². The van der Waals surface area contributed by atoms with Crippen LogP contribution in [0.5, 0.6) is 0 Å². The van der Waals surface area contributed by atoms with Gasteiger partial charge in [-0.2, -0.15) is 0 Å². The molecule has 1 heterocycles. The molecule has 3 unspecified atom stereocenters. The Kier molecular flexibility index (Phi) is 8.70. The molecule has 0 aromatic rings. The van der Waals surface area contributed by atoms with Crippen LogP contribution in [0.25, 0.3) is 0 Å². The Labute approximate surface area is 114 Å². The van der Waals surface area contributed by atoms with Gasteiger partial charge in [-0.3, -0.25) is 0 Å². The Balaban J connectivity index is 2.12. The number of hydrogen-bond donors (Lipinski definition) is 1. The van der Waals surface area contributed by atoms with Crippen molar-refractivity contribution in [1.29, 1.82) is 0 Å². The summed E-state index contributed by atoms with van der Waals surface area (Å²) in [6.07, 6.45) is 12.2. The fourth-order valence-electron chi connectivity index (χ4n) is 2.92. The van der Waals surface area contributed by atoms with Crippen LogP contribution in [0.3, 0.4) is 0 Å². The molecule has 0 amide bonds. The van der Waals surface area contributed by atoms with Crippen molar-refractivity contribution in [3.8, 4) is 0 Å². The molecule has 18 heavy (non-hydrogen) atoms. The van der Waals surface area contributed by atoms with Gasteiger partial charge in [-0.05, 0) is 32.6 Å². The second-order valence-electron chi connectivity index (χ2n) is 5.92. The summed E-state index contributed by atoms with van der Waals surface area (Å²) in [6, 6.07) is 1.36. The third-order valence-corrected chi connectivity index (χ3v) is 3.99. The first-order chi connectivity index (χ1) is 8.76. The monoisotopic (exact) mass is 255 g/mol. The van der Waals surface area contributed by atoms with Gasteiger partial charge < -0.3 is 10.1 Å². The Morgan fingerprint density at radius 1 is 1.17 bits per heavy atom. The highest BCUT2D eigenvalue weighted by atomic mass is 16.5. The molecule has 1 saturated heterocycles. The topological polar surface area (TPSA) is 21.3 Å². The van der Waals surface area contributed by atoms with Crippen LogP contribution in [-0.2, 0) is 4.74 Å². The van der Waals surface area contributed by atoms with Crippen LogP contribution in [0.15, 0.2) is 0 Å². The van der Waals surface area contributed by atoms with E-state index in [2.05, 4.69) is 26.1 Å². The Morgan fingerprint density at radius 2 is 2.00 bits per heavy atom. The Hall–Kier alpha value is -0.0800. The third kappa shape index (κ3) is 6.75. The average molecular weight is 255 g/mol. The highest BCUT2D eigenvalue weighted by Crippen LogP contribution is 2.19. The van der Waals surface area contributed by atoms with Gasteiger partial charge in [-0.15, -0.1) is 0 Å². The molecule has 0 aliphatic carbocycles. The molecule has 0 saturated carbocycles. The highest BCUT2D eigenvalue weighted by molar-refractivity contribution is 4.79. The number of rotatable bonds is 9. The van der Waals surface area contributed by atoms with Gasteiger partial charge in [0.05, 0.1) is 6.10 Å². The Bertz CT molecular complexity index is 194. The quantitative estimate of drug-likeness (QED) is 0.621.